The highest BCUT2D eigenvalue weighted by atomic mass is 16.5. The molecule has 0 unspecified atom stereocenters. The maximum Gasteiger partial charge on any atom is 0.0717 e. The Labute approximate surface area is 86.1 Å². The number of hydrogen-bond acceptors (Lipinski definition) is 1. The molecule has 0 aliphatic heterocycles. The molecule has 0 saturated heterocycles. The molecule has 76 valence electrons. The normalized spacial score (nSPS) is 18.9. The Kier molecular flexibility index (Phi) is 2.87. The lowest BCUT2D eigenvalue weighted by Crippen LogP contribution is -2.30. The second kappa shape index (κ2) is 4.14. The van der Waals surface area contributed by atoms with E-state index < -0.39 is 0 Å². The maximum absolute atomic E-state index is 5.73. The van der Waals surface area contributed by atoms with Gasteiger partial charge >= 0.3 is 0 Å². The summed E-state index contributed by atoms with van der Waals surface area (Å²) in [5, 5.41) is 0. The first kappa shape index (κ1) is 9.72. The summed E-state index contributed by atoms with van der Waals surface area (Å²) in [4.78, 5) is 0. The predicted molar refractivity (Wildman–Crippen MR) is 58.1 cm³/mol. The van der Waals surface area contributed by atoms with Crippen LogP contribution >= 0.6 is 0 Å². The summed E-state index contributed by atoms with van der Waals surface area (Å²) in [6, 6.07) is 10.4. The van der Waals surface area contributed by atoms with Crippen molar-refractivity contribution < 1.29 is 4.74 Å². The van der Waals surface area contributed by atoms with Crippen LogP contribution in [0.3, 0.4) is 0 Å². The molecule has 0 aromatic heterocycles. The van der Waals surface area contributed by atoms with Crippen molar-refractivity contribution in [2.45, 2.75) is 32.8 Å². The SMILES string of the molecule is CC1(COCc2ccccc2)CCC1. The molecule has 1 aliphatic carbocycles. The van der Waals surface area contributed by atoms with Crippen molar-refractivity contribution in [1.29, 1.82) is 0 Å². The smallest absolute Gasteiger partial charge is 0.0717 e. The lowest BCUT2D eigenvalue weighted by Gasteiger charge is -2.37. The highest BCUT2D eigenvalue weighted by Gasteiger charge is 2.31. The molecule has 0 N–H and O–H groups in total. The lowest BCUT2D eigenvalue weighted by molar-refractivity contribution is -0.00125. The summed E-state index contributed by atoms with van der Waals surface area (Å²) in [6.07, 6.45) is 4.05. The molecule has 0 spiro atoms. The molecular weight excluding hydrogens is 172 g/mol. The monoisotopic (exact) mass is 190 g/mol. The van der Waals surface area contributed by atoms with Gasteiger partial charge in [-0.15, -0.1) is 0 Å². The number of hydrogen-bond donors (Lipinski definition) is 0. The third-order valence-electron chi connectivity index (χ3n) is 3.12. The van der Waals surface area contributed by atoms with Crippen LogP contribution < -0.4 is 0 Å². The van der Waals surface area contributed by atoms with Crippen LogP contribution in [0.5, 0.6) is 0 Å². The van der Waals surface area contributed by atoms with E-state index in [1.807, 2.05) is 6.07 Å². The summed E-state index contributed by atoms with van der Waals surface area (Å²) in [7, 11) is 0. The van der Waals surface area contributed by atoms with Gasteiger partial charge in [0.15, 0.2) is 0 Å². The third-order valence-corrected chi connectivity index (χ3v) is 3.12. The van der Waals surface area contributed by atoms with Crippen molar-refractivity contribution >= 4 is 0 Å². The van der Waals surface area contributed by atoms with E-state index in [4.69, 9.17) is 4.74 Å². The molecule has 0 heterocycles. The van der Waals surface area contributed by atoms with Crippen LogP contribution in [0.25, 0.3) is 0 Å². The van der Waals surface area contributed by atoms with Gasteiger partial charge in [0.1, 0.15) is 0 Å². The van der Waals surface area contributed by atoms with Crippen LogP contribution in [-0.4, -0.2) is 6.61 Å². The van der Waals surface area contributed by atoms with Crippen LogP contribution in [0.2, 0.25) is 0 Å². The van der Waals surface area contributed by atoms with Crippen LogP contribution in [0.4, 0.5) is 0 Å². The van der Waals surface area contributed by atoms with Gasteiger partial charge in [-0.25, -0.2) is 0 Å². The highest BCUT2D eigenvalue weighted by molar-refractivity contribution is 5.13. The molecule has 2 rings (SSSR count). The van der Waals surface area contributed by atoms with E-state index in [-0.39, 0.29) is 0 Å². The third kappa shape index (κ3) is 2.36. The number of benzene rings is 1. The van der Waals surface area contributed by atoms with Crippen molar-refractivity contribution in [3.63, 3.8) is 0 Å². The Morgan fingerprint density at radius 3 is 2.50 bits per heavy atom. The summed E-state index contributed by atoms with van der Waals surface area (Å²) < 4.78 is 5.73. The Morgan fingerprint density at radius 1 is 1.21 bits per heavy atom. The molecular formula is C13H18O. The van der Waals surface area contributed by atoms with Gasteiger partial charge in [0, 0.05) is 0 Å². The molecule has 1 fully saturated rings. The average Bonchev–Trinajstić information content (AvgIpc) is 2.17. The molecule has 0 radical (unpaired) electrons. The van der Waals surface area contributed by atoms with Crippen LogP contribution in [0.1, 0.15) is 31.7 Å². The molecule has 1 aliphatic rings. The first-order valence-electron chi connectivity index (χ1n) is 5.40. The topological polar surface area (TPSA) is 9.23 Å². The minimum absolute atomic E-state index is 0.481. The Bertz CT molecular complexity index is 275. The van der Waals surface area contributed by atoms with Gasteiger partial charge in [0.25, 0.3) is 0 Å². The molecule has 1 saturated carbocycles. The summed E-state index contributed by atoms with van der Waals surface area (Å²) >= 11 is 0. The summed E-state index contributed by atoms with van der Waals surface area (Å²) in [5.74, 6) is 0. The Morgan fingerprint density at radius 2 is 1.93 bits per heavy atom. The van der Waals surface area contributed by atoms with Crippen molar-refractivity contribution in [3.05, 3.63) is 35.9 Å². The van der Waals surface area contributed by atoms with E-state index in [9.17, 15) is 0 Å². The highest BCUT2D eigenvalue weighted by Crippen LogP contribution is 2.40. The first-order valence-corrected chi connectivity index (χ1v) is 5.40. The molecule has 14 heavy (non-hydrogen) atoms. The van der Waals surface area contributed by atoms with Gasteiger partial charge in [-0.1, -0.05) is 43.7 Å². The van der Waals surface area contributed by atoms with E-state index in [0.29, 0.717) is 5.41 Å². The molecule has 0 bridgehead atoms. The molecule has 1 nitrogen and oxygen atoms in total. The van der Waals surface area contributed by atoms with E-state index in [1.165, 1.54) is 24.8 Å². The van der Waals surface area contributed by atoms with E-state index in [1.54, 1.807) is 0 Å². The fraction of sp³-hybridized carbons (Fsp3) is 0.538. The van der Waals surface area contributed by atoms with Crippen molar-refractivity contribution in [1.82, 2.24) is 0 Å². The van der Waals surface area contributed by atoms with Gasteiger partial charge < -0.3 is 4.74 Å². The van der Waals surface area contributed by atoms with E-state index in [2.05, 4.69) is 31.2 Å². The zero-order chi connectivity index (χ0) is 9.86. The molecule has 1 aromatic carbocycles. The van der Waals surface area contributed by atoms with Gasteiger partial charge in [0.05, 0.1) is 13.2 Å². The molecule has 1 aromatic rings. The average molecular weight is 190 g/mol. The number of ether oxygens (including phenoxy) is 1. The van der Waals surface area contributed by atoms with Gasteiger partial charge in [-0.3, -0.25) is 0 Å². The van der Waals surface area contributed by atoms with Gasteiger partial charge in [-0.2, -0.15) is 0 Å². The largest absolute Gasteiger partial charge is 0.376 e. The van der Waals surface area contributed by atoms with Crippen molar-refractivity contribution in [2.24, 2.45) is 5.41 Å². The Balaban J connectivity index is 1.73. The fourth-order valence-electron chi connectivity index (χ4n) is 1.91. The molecule has 0 atom stereocenters. The van der Waals surface area contributed by atoms with E-state index in [0.717, 1.165) is 13.2 Å². The Hall–Kier alpha value is -0.820. The van der Waals surface area contributed by atoms with Crippen molar-refractivity contribution in [3.8, 4) is 0 Å². The first-order chi connectivity index (χ1) is 6.79. The zero-order valence-electron chi connectivity index (χ0n) is 8.83. The van der Waals surface area contributed by atoms with Crippen molar-refractivity contribution in [2.75, 3.05) is 6.61 Å². The summed E-state index contributed by atoms with van der Waals surface area (Å²) in [5.41, 5.74) is 1.75. The van der Waals surface area contributed by atoms with E-state index >= 15 is 0 Å². The van der Waals surface area contributed by atoms with Crippen LogP contribution in [0.15, 0.2) is 30.3 Å². The quantitative estimate of drug-likeness (QED) is 0.707. The zero-order valence-corrected chi connectivity index (χ0v) is 8.83. The lowest BCUT2D eigenvalue weighted by atomic mass is 9.71. The maximum atomic E-state index is 5.73. The fourth-order valence-corrected chi connectivity index (χ4v) is 1.91. The van der Waals surface area contributed by atoms with Crippen LogP contribution in [-0.2, 0) is 11.3 Å². The minimum Gasteiger partial charge on any atom is -0.376 e. The second-order valence-electron chi connectivity index (χ2n) is 4.64. The van der Waals surface area contributed by atoms with Crippen LogP contribution in [0, 0.1) is 5.41 Å². The minimum atomic E-state index is 0.481. The number of rotatable bonds is 4. The van der Waals surface area contributed by atoms with Gasteiger partial charge in [-0.05, 0) is 23.8 Å². The standard InChI is InChI=1S/C13H18O/c1-13(8-5-9-13)11-14-10-12-6-3-2-4-7-12/h2-4,6-7H,5,8-11H2,1H3. The van der Waals surface area contributed by atoms with Gasteiger partial charge in [0.2, 0.25) is 0 Å². The molecule has 0 amide bonds. The second-order valence-corrected chi connectivity index (χ2v) is 4.64. The summed E-state index contributed by atoms with van der Waals surface area (Å²) in [6.45, 7) is 4.00. The predicted octanol–water partition coefficient (Wildman–Crippen LogP) is 3.39. The molecule has 1 heteroatoms.